The Hall–Kier alpha value is -3.80. The first-order valence-corrected chi connectivity index (χ1v) is 11.5. The van der Waals surface area contributed by atoms with Gasteiger partial charge in [-0.3, -0.25) is 0 Å². The molecular formula is C27H26O10. The van der Waals surface area contributed by atoms with Crippen molar-refractivity contribution in [3.63, 3.8) is 0 Å². The Labute approximate surface area is 212 Å². The summed E-state index contributed by atoms with van der Waals surface area (Å²) in [6.07, 6.45) is -7.36. The molecule has 194 valence electrons. The fourth-order valence-corrected chi connectivity index (χ4v) is 3.77. The fourth-order valence-electron chi connectivity index (χ4n) is 3.77. The van der Waals surface area contributed by atoms with E-state index in [0.717, 1.165) is 0 Å². The fraction of sp³-hybridized carbons (Fsp3) is 0.259. The molecule has 1 fully saturated rings. The van der Waals surface area contributed by atoms with Crippen LogP contribution in [-0.4, -0.2) is 69.7 Å². The Balaban J connectivity index is 1.55. The molecule has 3 aromatic rings. The van der Waals surface area contributed by atoms with Crippen molar-refractivity contribution in [1.29, 1.82) is 0 Å². The van der Waals surface area contributed by atoms with Gasteiger partial charge in [-0.15, -0.1) is 0 Å². The maximum Gasteiger partial charge on any atom is 0.343 e. The Kier molecular flexibility index (Phi) is 8.49. The number of aliphatic hydroxyl groups excluding tert-OH is 4. The number of rotatable bonds is 8. The molecular weight excluding hydrogens is 484 g/mol. The summed E-state index contributed by atoms with van der Waals surface area (Å²) >= 11 is 0. The lowest BCUT2D eigenvalue weighted by molar-refractivity contribution is -0.276. The van der Waals surface area contributed by atoms with Gasteiger partial charge in [0.2, 0.25) is 6.29 Å². The first kappa shape index (κ1) is 26.3. The Morgan fingerprint density at radius 2 is 1.43 bits per heavy atom. The van der Waals surface area contributed by atoms with Crippen molar-refractivity contribution in [1.82, 2.24) is 0 Å². The SMILES string of the molecule is O=C(Oc1ccc(OC2OC(CO)C(O)C(O)C2OC(=O)c2ccccc2)c(CO)c1)c1ccccc1. The first-order chi connectivity index (χ1) is 17.9. The number of aliphatic hydroxyl groups is 4. The number of esters is 2. The van der Waals surface area contributed by atoms with Crippen LogP contribution in [0.2, 0.25) is 0 Å². The molecule has 1 aliphatic heterocycles. The monoisotopic (exact) mass is 510 g/mol. The highest BCUT2D eigenvalue weighted by Gasteiger charge is 2.48. The van der Waals surface area contributed by atoms with Crippen LogP contribution >= 0.6 is 0 Å². The summed E-state index contributed by atoms with van der Waals surface area (Å²) in [7, 11) is 0. The molecule has 0 bridgehead atoms. The number of carbonyl (C=O) groups excluding carboxylic acids is 2. The van der Waals surface area contributed by atoms with Crippen LogP contribution in [0.1, 0.15) is 26.3 Å². The molecule has 37 heavy (non-hydrogen) atoms. The van der Waals surface area contributed by atoms with E-state index >= 15 is 0 Å². The summed E-state index contributed by atoms with van der Waals surface area (Å²) in [5.74, 6) is -1.16. The van der Waals surface area contributed by atoms with Crippen LogP contribution in [0.5, 0.6) is 11.5 Å². The summed E-state index contributed by atoms with van der Waals surface area (Å²) in [5, 5.41) is 40.5. The lowest BCUT2D eigenvalue weighted by atomic mass is 9.99. The van der Waals surface area contributed by atoms with Crippen molar-refractivity contribution < 1.29 is 49.0 Å². The van der Waals surface area contributed by atoms with Crippen LogP contribution in [0.3, 0.4) is 0 Å². The van der Waals surface area contributed by atoms with Gasteiger partial charge in [0.1, 0.15) is 29.8 Å². The van der Waals surface area contributed by atoms with Crippen LogP contribution in [0, 0.1) is 0 Å². The number of hydrogen-bond donors (Lipinski definition) is 4. The zero-order valence-corrected chi connectivity index (χ0v) is 19.5. The van der Waals surface area contributed by atoms with Crippen LogP contribution in [0.4, 0.5) is 0 Å². The second-order valence-electron chi connectivity index (χ2n) is 8.24. The molecule has 0 radical (unpaired) electrons. The molecule has 1 aliphatic rings. The minimum Gasteiger partial charge on any atom is -0.460 e. The van der Waals surface area contributed by atoms with Gasteiger partial charge in [-0.1, -0.05) is 36.4 Å². The highest BCUT2D eigenvalue weighted by atomic mass is 16.7. The largest absolute Gasteiger partial charge is 0.460 e. The van der Waals surface area contributed by atoms with E-state index in [0.29, 0.717) is 5.56 Å². The summed E-state index contributed by atoms with van der Waals surface area (Å²) in [5.41, 5.74) is 0.749. The van der Waals surface area contributed by atoms with Crippen LogP contribution in [-0.2, 0) is 16.1 Å². The van der Waals surface area contributed by atoms with Gasteiger partial charge in [0.25, 0.3) is 0 Å². The van der Waals surface area contributed by atoms with E-state index in [-0.39, 0.29) is 22.6 Å². The first-order valence-electron chi connectivity index (χ1n) is 11.5. The summed E-state index contributed by atoms with van der Waals surface area (Å²) in [6, 6.07) is 20.6. The summed E-state index contributed by atoms with van der Waals surface area (Å²) in [6.45, 7) is -1.15. The standard InChI is InChI=1S/C27H26O10/c28-14-18-13-19(34-25(32)16-7-3-1-4-8-16)11-12-20(18)35-27-24(23(31)22(30)21(15-29)36-27)37-26(33)17-9-5-2-6-10-17/h1-13,21-24,27-31H,14-15H2. The molecule has 4 N–H and O–H groups in total. The van der Waals surface area contributed by atoms with Crippen molar-refractivity contribution >= 4 is 11.9 Å². The maximum absolute atomic E-state index is 12.6. The van der Waals surface area contributed by atoms with Crippen molar-refractivity contribution in [2.75, 3.05) is 6.61 Å². The second-order valence-corrected chi connectivity index (χ2v) is 8.24. The van der Waals surface area contributed by atoms with Gasteiger partial charge in [-0.25, -0.2) is 9.59 Å². The molecule has 1 heterocycles. The molecule has 0 amide bonds. The topological polar surface area (TPSA) is 152 Å². The Morgan fingerprint density at radius 1 is 0.811 bits per heavy atom. The second kappa shape index (κ2) is 12.0. The summed E-state index contributed by atoms with van der Waals surface area (Å²) in [4.78, 5) is 25.0. The van der Waals surface area contributed by atoms with Crippen molar-refractivity contribution in [3.05, 3.63) is 95.6 Å². The van der Waals surface area contributed by atoms with E-state index in [4.69, 9.17) is 18.9 Å². The maximum atomic E-state index is 12.6. The van der Waals surface area contributed by atoms with Crippen molar-refractivity contribution in [2.45, 2.75) is 37.3 Å². The molecule has 0 aliphatic carbocycles. The van der Waals surface area contributed by atoms with E-state index in [1.165, 1.54) is 30.3 Å². The third-order valence-corrected chi connectivity index (χ3v) is 5.74. The number of ether oxygens (including phenoxy) is 4. The number of hydrogen-bond acceptors (Lipinski definition) is 10. The van der Waals surface area contributed by atoms with Gasteiger partial charge < -0.3 is 39.4 Å². The van der Waals surface area contributed by atoms with Crippen LogP contribution in [0.25, 0.3) is 0 Å². The van der Waals surface area contributed by atoms with E-state index in [1.54, 1.807) is 48.5 Å². The molecule has 0 aromatic heterocycles. The molecule has 0 spiro atoms. The minimum atomic E-state index is -1.65. The molecule has 1 saturated heterocycles. The van der Waals surface area contributed by atoms with E-state index in [1.807, 2.05) is 0 Å². The predicted molar refractivity (Wildman–Crippen MR) is 128 cm³/mol. The van der Waals surface area contributed by atoms with Crippen molar-refractivity contribution in [2.24, 2.45) is 0 Å². The third kappa shape index (κ3) is 6.13. The third-order valence-electron chi connectivity index (χ3n) is 5.74. The van der Waals surface area contributed by atoms with E-state index in [2.05, 4.69) is 0 Å². The van der Waals surface area contributed by atoms with Gasteiger partial charge in [0.15, 0.2) is 6.10 Å². The zero-order chi connectivity index (χ0) is 26.4. The lowest BCUT2D eigenvalue weighted by Crippen LogP contribution is -2.61. The van der Waals surface area contributed by atoms with Gasteiger partial charge >= 0.3 is 11.9 Å². The molecule has 10 heteroatoms. The molecule has 0 saturated carbocycles. The number of carbonyl (C=O) groups is 2. The molecule has 3 aromatic carbocycles. The van der Waals surface area contributed by atoms with Crippen molar-refractivity contribution in [3.8, 4) is 11.5 Å². The van der Waals surface area contributed by atoms with E-state index in [9.17, 15) is 30.0 Å². The molecule has 5 atom stereocenters. The molecule has 5 unspecified atom stereocenters. The number of benzene rings is 3. The average Bonchev–Trinajstić information content (AvgIpc) is 2.94. The lowest BCUT2D eigenvalue weighted by Gasteiger charge is -2.41. The zero-order valence-electron chi connectivity index (χ0n) is 19.5. The average molecular weight is 510 g/mol. The predicted octanol–water partition coefficient (Wildman–Crippen LogP) is 1.44. The smallest absolute Gasteiger partial charge is 0.343 e. The van der Waals surface area contributed by atoms with Crippen LogP contribution in [0.15, 0.2) is 78.9 Å². The highest BCUT2D eigenvalue weighted by Crippen LogP contribution is 2.31. The Bertz CT molecular complexity index is 1200. The normalized spacial score (nSPS) is 23.2. The minimum absolute atomic E-state index is 0.0769. The van der Waals surface area contributed by atoms with Gasteiger partial charge in [0, 0.05) is 5.56 Å². The van der Waals surface area contributed by atoms with Gasteiger partial charge in [-0.05, 0) is 42.5 Å². The van der Waals surface area contributed by atoms with Crippen LogP contribution < -0.4 is 9.47 Å². The van der Waals surface area contributed by atoms with Gasteiger partial charge in [0.05, 0.1) is 24.3 Å². The molecule has 4 rings (SSSR count). The Morgan fingerprint density at radius 3 is 2.03 bits per heavy atom. The molecule has 10 nitrogen and oxygen atoms in total. The quantitative estimate of drug-likeness (QED) is 0.259. The van der Waals surface area contributed by atoms with Gasteiger partial charge in [-0.2, -0.15) is 0 Å². The van der Waals surface area contributed by atoms with E-state index < -0.39 is 55.9 Å². The highest BCUT2D eigenvalue weighted by molar-refractivity contribution is 5.91. The summed E-state index contributed by atoms with van der Waals surface area (Å²) < 4.78 is 22.2.